The molecule has 0 bridgehead atoms. The van der Waals surface area contributed by atoms with E-state index in [1.165, 1.54) is 0 Å². The highest BCUT2D eigenvalue weighted by Crippen LogP contribution is 2.25. The highest BCUT2D eigenvalue weighted by atomic mass is 32.1. The van der Waals surface area contributed by atoms with Crippen molar-refractivity contribution in [2.45, 2.75) is 31.8 Å². The number of piperazine rings is 1. The Bertz CT molecular complexity index is 517. The summed E-state index contributed by atoms with van der Waals surface area (Å²) in [5.74, 6) is 0.0257. The van der Waals surface area contributed by atoms with Crippen molar-refractivity contribution in [3.05, 3.63) is 5.69 Å². The second kappa shape index (κ2) is 4.76. The fraction of sp³-hybridized carbons (Fsp3) is 0.636. The Hall–Kier alpha value is -1.70. The van der Waals surface area contributed by atoms with Gasteiger partial charge in [-0.25, -0.2) is 0 Å². The number of rotatable bonds is 2. The van der Waals surface area contributed by atoms with Crippen molar-refractivity contribution in [3.63, 3.8) is 0 Å². The average molecular weight is 281 g/mol. The Labute approximate surface area is 114 Å². The van der Waals surface area contributed by atoms with Crippen molar-refractivity contribution in [3.8, 4) is 0 Å². The molecular formula is C11H15N5O2S. The van der Waals surface area contributed by atoms with E-state index in [0.717, 1.165) is 30.8 Å². The third kappa shape index (κ3) is 2.16. The topological polar surface area (TPSA) is 92.4 Å². The number of hydrogen-bond acceptors (Lipinski definition) is 6. The molecule has 2 fully saturated rings. The zero-order chi connectivity index (χ0) is 13.4. The van der Waals surface area contributed by atoms with Gasteiger partial charge in [0.25, 0.3) is 0 Å². The predicted molar refractivity (Wildman–Crippen MR) is 69.1 cm³/mol. The fourth-order valence-corrected chi connectivity index (χ4v) is 3.11. The van der Waals surface area contributed by atoms with Crippen LogP contribution in [0.15, 0.2) is 0 Å². The van der Waals surface area contributed by atoms with E-state index in [9.17, 15) is 9.59 Å². The molecule has 1 atom stereocenters. The first-order valence-corrected chi connectivity index (χ1v) is 7.09. The van der Waals surface area contributed by atoms with Crippen LogP contribution in [-0.2, 0) is 16.1 Å². The molecule has 0 radical (unpaired) electrons. The van der Waals surface area contributed by atoms with Crippen LogP contribution in [0.25, 0.3) is 0 Å². The number of amides is 2. The molecule has 2 aliphatic heterocycles. The molecule has 2 saturated heterocycles. The van der Waals surface area contributed by atoms with Crippen LogP contribution in [0.5, 0.6) is 0 Å². The van der Waals surface area contributed by atoms with Crippen LogP contribution in [0.2, 0.25) is 0 Å². The largest absolute Gasteiger partial charge is 0.388 e. The summed E-state index contributed by atoms with van der Waals surface area (Å²) in [5.41, 5.74) is 6.31. The van der Waals surface area contributed by atoms with Gasteiger partial charge in [-0.1, -0.05) is 4.49 Å². The maximum atomic E-state index is 12.4. The molecule has 3 heterocycles. The van der Waals surface area contributed by atoms with Crippen LogP contribution in [0.3, 0.4) is 0 Å². The van der Waals surface area contributed by atoms with Crippen LogP contribution in [0.4, 0.5) is 5.00 Å². The van der Waals surface area contributed by atoms with E-state index in [4.69, 9.17) is 5.73 Å². The monoisotopic (exact) mass is 281 g/mol. The molecule has 2 N–H and O–H groups in total. The van der Waals surface area contributed by atoms with E-state index in [1.54, 1.807) is 9.80 Å². The second-order valence-electron chi connectivity index (χ2n) is 4.88. The van der Waals surface area contributed by atoms with E-state index >= 15 is 0 Å². The molecule has 1 unspecified atom stereocenters. The van der Waals surface area contributed by atoms with Crippen LogP contribution in [0.1, 0.15) is 25.0 Å². The van der Waals surface area contributed by atoms with Crippen LogP contribution in [-0.4, -0.2) is 50.3 Å². The number of carbonyl (C=O) groups excluding carboxylic acids is 2. The molecule has 0 saturated carbocycles. The van der Waals surface area contributed by atoms with Crippen molar-refractivity contribution in [1.82, 2.24) is 19.4 Å². The second-order valence-corrected chi connectivity index (χ2v) is 5.66. The van der Waals surface area contributed by atoms with Crippen LogP contribution < -0.4 is 5.73 Å². The predicted octanol–water partition coefficient (Wildman–Crippen LogP) is -0.156. The summed E-state index contributed by atoms with van der Waals surface area (Å²) in [6.07, 6.45) is 2.73. The molecule has 102 valence electrons. The number of nitrogens with two attached hydrogens (primary N) is 1. The summed E-state index contributed by atoms with van der Waals surface area (Å²) >= 11 is 1.10. The summed E-state index contributed by atoms with van der Waals surface area (Å²) in [6, 6.07) is -0.289. The molecule has 2 amide bonds. The van der Waals surface area contributed by atoms with Gasteiger partial charge in [0.05, 0.1) is 6.54 Å². The zero-order valence-electron chi connectivity index (χ0n) is 10.4. The molecule has 1 aromatic rings. The number of hydrogen-bond donors (Lipinski definition) is 1. The van der Waals surface area contributed by atoms with Gasteiger partial charge in [0, 0.05) is 18.1 Å². The first-order valence-electron chi connectivity index (χ1n) is 6.32. The van der Waals surface area contributed by atoms with Gasteiger partial charge in [-0.15, -0.1) is 5.10 Å². The number of carbonyl (C=O) groups is 2. The highest BCUT2D eigenvalue weighted by Gasteiger charge is 2.40. The Morgan fingerprint density at radius 2 is 2.21 bits per heavy atom. The number of fused-ring (bicyclic) bond motifs is 1. The maximum absolute atomic E-state index is 12.4. The highest BCUT2D eigenvalue weighted by molar-refractivity contribution is 7.09. The lowest BCUT2D eigenvalue weighted by Gasteiger charge is -2.42. The minimum absolute atomic E-state index is 0.00620. The van der Waals surface area contributed by atoms with Gasteiger partial charge in [-0.05, 0) is 19.3 Å². The van der Waals surface area contributed by atoms with Gasteiger partial charge in [-0.3, -0.25) is 9.59 Å². The summed E-state index contributed by atoms with van der Waals surface area (Å²) in [6.45, 7) is 1.09. The van der Waals surface area contributed by atoms with Gasteiger partial charge >= 0.3 is 0 Å². The minimum atomic E-state index is -0.289. The summed E-state index contributed by atoms with van der Waals surface area (Å²) in [4.78, 5) is 27.7. The van der Waals surface area contributed by atoms with Crippen molar-refractivity contribution >= 4 is 28.3 Å². The summed E-state index contributed by atoms with van der Waals surface area (Å²) in [5, 5.41) is 4.40. The molecule has 0 aromatic carbocycles. The quantitative estimate of drug-likeness (QED) is 0.813. The van der Waals surface area contributed by atoms with Crippen molar-refractivity contribution < 1.29 is 9.59 Å². The SMILES string of the molecule is Nc1snnc1CN1CC(=O)N2CCCCC2C1=O. The third-order valence-corrected chi connectivity index (χ3v) is 4.27. The average Bonchev–Trinajstić information content (AvgIpc) is 2.81. The zero-order valence-corrected chi connectivity index (χ0v) is 11.2. The standard InChI is InChI=1S/C11H15N5O2S/c12-10-7(13-14-19-10)5-15-6-9(17)16-4-2-1-3-8(16)11(15)18/h8H,1-6,12H2. The van der Waals surface area contributed by atoms with E-state index in [-0.39, 0.29) is 30.9 Å². The van der Waals surface area contributed by atoms with Crippen LogP contribution >= 0.6 is 11.5 Å². The van der Waals surface area contributed by atoms with E-state index in [0.29, 0.717) is 17.2 Å². The first-order chi connectivity index (χ1) is 9.16. The smallest absolute Gasteiger partial charge is 0.246 e. The lowest BCUT2D eigenvalue weighted by atomic mass is 9.98. The molecule has 19 heavy (non-hydrogen) atoms. The van der Waals surface area contributed by atoms with Gasteiger partial charge in [0.15, 0.2) is 0 Å². The van der Waals surface area contributed by atoms with E-state index in [2.05, 4.69) is 9.59 Å². The van der Waals surface area contributed by atoms with Crippen LogP contribution in [0, 0.1) is 0 Å². The Balaban J connectivity index is 1.78. The molecule has 1 aromatic heterocycles. The van der Waals surface area contributed by atoms with Crippen molar-refractivity contribution in [1.29, 1.82) is 0 Å². The number of aromatic nitrogens is 2. The number of nitrogen functional groups attached to an aromatic ring is 1. The molecule has 8 heteroatoms. The molecule has 0 aliphatic carbocycles. The van der Waals surface area contributed by atoms with Crippen molar-refractivity contribution in [2.24, 2.45) is 0 Å². The Kier molecular flexibility index (Phi) is 3.09. The first kappa shape index (κ1) is 12.3. The van der Waals surface area contributed by atoms with Gasteiger partial charge in [0.2, 0.25) is 11.8 Å². The maximum Gasteiger partial charge on any atom is 0.246 e. The summed E-state index contributed by atoms with van der Waals surface area (Å²) < 4.78 is 3.75. The fourth-order valence-electron chi connectivity index (χ4n) is 2.67. The molecule has 2 aliphatic rings. The lowest BCUT2D eigenvalue weighted by Crippen LogP contribution is -2.60. The molecular weight excluding hydrogens is 266 g/mol. The van der Waals surface area contributed by atoms with E-state index in [1.807, 2.05) is 0 Å². The number of piperidine rings is 1. The van der Waals surface area contributed by atoms with Gasteiger partial charge in [-0.2, -0.15) is 0 Å². The Morgan fingerprint density at radius 3 is 2.95 bits per heavy atom. The van der Waals surface area contributed by atoms with Crippen molar-refractivity contribution in [2.75, 3.05) is 18.8 Å². The Morgan fingerprint density at radius 1 is 1.37 bits per heavy atom. The third-order valence-electron chi connectivity index (χ3n) is 3.67. The van der Waals surface area contributed by atoms with Gasteiger partial charge in [0.1, 0.15) is 23.3 Å². The minimum Gasteiger partial charge on any atom is -0.388 e. The molecule has 3 rings (SSSR count). The molecule has 7 nitrogen and oxygen atoms in total. The van der Waals surface area contributed by atoms with E-state index < -0.39 is 0 Å². The number of nitrogens with zero attached hydrogens (tertiary/aromatic N) is 4. The lowest BCUT2D eigenvalue weighted by molar-refractivity contribution is -0.158. The number of anilines is 1. The molecule has 0 spiro atoms. The normalized spacial score (nSPS) is 23.7. The summed E-state index contributed by atoms with van der Waals surface area (Å²) in [7, 11) is 0. The van der Waals surface area contributed by atoms with Gasteiger partial charge < -0.3 is 15.5 Å².